The van der Waals surface area contributed by atoms with Crippen LogP contribution in [0.2, 0.25) is 5.02 Å². The molecule has 0 bridgehead atoms. The first-order valence-electron chi connectivity index (χ1n) is 8.11. The molecule has 0 aliphatic heterocycles. The lowest BCUT2D eigenvalue weighted by Gasteiger charge is -2.02. The number of carboxylic acid groups (broad SMARTS) is 1. The highest BCUT2D eigenvalue weighted by Gasteiger charge is 2.19. The van der Waals surface area contributed by atoms with Crippen molar-refractivity contribution < 1.29 is 24.2 Å². The van der Waals surface area contributed by atoms with Gasteiger partial charge in [-0.2, -0.15) is 5.10 Å². The maximum absolute atomic E-state index is 11.2. The Labute approximate surface area is 172 Å². The summed E-state index contributed by atoms with van der Waals surface area (Å²) in [6.07, 6.45) is 1.24. The highest BCUT2D eigenvalue weighted by atomic mass is 35.5. The van der Waals surface area contributed by atoms with Crippen molar-refractivity contribution in [1.29, 1.82) is 0 Å². The predicted octanol–water partition coefficient (Wildman–Crippen LogP) is 4.56. The van der Waals surface area contributed by atoms with Crippen LogP contribution in [0, 0.1) is 20.2 Å². The van der Waals surface area contributed by atoms with Crippen LogP contribution in [-0.4, -0.2) is 27.1 Å². The van der Waals surface area contributed by atoms with Crippen LogP contribution in [0.15, 0.2) is 58.0 Å². The smallest absolute Gasteiger partial charge is 0.337 e. The summed E-state index contributed by atoms with van der Waals surface area (Å²) in [5, 5.41) is 34.9. The van der Waals surface area contributed by atoms with Crippen LogP contribution in [0.1, 0.15) is 16.1 Å². The quantitative estimate of drug-likeness (QED) is 0.313. The monoisotopic (exact) mass is 430 g/mol. The van der Waals surface area contributed by atoms with E-state index in [1.165, 1.54) is 24.4 Å². The number of nitrogens with one attached hydrogen (secondary N) is 1. The summed E-state index contributed by atoms with van der Waals surface area (Å²) < 4.78 is 5.56. The zero-order chi connectivity index (χ0) is 21.8. The molecule has 0 fully saturated rings. The summed E-state index contributed by atoms with van der Waals surface area (Å²) in [6.45, 7) is 0. The minimum Gasteiger partial charge on any atom is -0.478 e. The van der Waals surface area contributed by atoms with Crippen LogP contribution in [0.5, 0.6) is 0 Å². The van der Waals surface area contributed by atoms with Crippen LogP contribution >= 0.6 is 11.6 Å². The Hall–Kier alpha value is -4.25. The van der Waals surface area contributed by atoms with Crippen molar-refractivity contribution in [3.05, 3.63) is 85.1 Å². The molecule has 0 unspecified atom stereocenters. The molecule has 2 N–H and O–H groups in total. The van der Waals surface area contributed by atoms with Crippen LogP contribution in [0.3, 0.4) is 0 Å². The van der Waals surface area contributed by atoms with E-state index < -0.39 is 27.2 Å². The molecular formula is C18H11ClN4O7. The average Bonchev–Trinajstić information content (AvgIpc) is 3.17. The average molecular weight is 431 g/mol. The van der Waals surface area contributed by atoms with Crippen LogP contribution < -0.4 is 5.43 Å². The second kappa shape index (κ2) is 8.41. The molecule has 0 spiro atoms. The van der Waals surface area contributed by atoms with E-state index in [0.29, 0.717) is 11.3 Å². The molecule has 3 rings (SSSR count). The summed E-state index contributed by atoms with van der Waals surface area (Å²) in [5.41, 5.74) is 1.87. The second-order valence-electron chi connectivity index (χ2n) is 5.79. The van der Waals surface area contributed by atoms with Crippen molar-refractivity contribution in [1.82, 2.24) is 0 Å². The van der Waals surface area contributed by atoms with E-state index in [0.717, 1.165) is 12.1 Å². The van der Waals surface area contributed by atoms with Gasteiger partial charge in [0.1, 0.15) is 17.2 Å². The number of nitrogens with zero attached hydrogens (tertiary/aromatic N) is 3. The summed E-state index contributed by atoms with van der Waals surface area (Å²) in [6, 6.07) is 10.6. The Kier molecular flexibility index (Phi) is 5.74. The Morgan fingerprint density at radius 3 is 2.53 bits per heavy atom. The molecule has 0 amide bonds. The fourth-order valence-corrected chi connectivity index (χ4v) is 2.66. The van der Waals surface area contributed by atoms with Gasteiger partial charge in [-0.3, -0.25) is 25.7 Å². The van der Waals surface area contributed by atoms with Gasteiger partial charge in [0.05, 0.1) is 32.7 Å². The van der Waals surface area contributed by atoms with Gasteiger partial charge >= 0.3 is 11.7 Å². The maximum atomic E-state index is 11.2. The number of non-ortho nitro benzene ring substituents is 1. The molecule has 3 aromatic rings. The number of carboxylic acids is 1. The van der Waals surface area contributed by atoms with Crippen molar-refractivity contribution in [3.8, 4) is 11.3 Å². The number of aromatic carboxylic acids is 1. The van der Waals surface area contributed by atoms with Crippen molar-refractivity contribution in [2.45, 2.75) is 0 Å². The van der Waals surface area contributed by atoms with Crippen LogP contribution in [0.4, 0.5) is 17.1 Å². The fraction of sp³-hybridized carbons (Fsp3) is 0. The normalized spacial score (nSPS) is 10.8. The van der Waals surface area contributed by atoms with E-state index in [1.807, 2.05) is 0 Å². The lowest BCUT2D eigenvalue weighted by atomic mass is 10.1. The third-order valence-corrected chi connectivity index (χ3v) is 4.20. The molecule has 0 aliphatic rings. The molecule has 0 radical (unpaired) electrons. The van der Waals surface area contributed by atoms with Gasteiger partial charge in [0.2, 0.25) is 0 Å². The maximum Gasteiger partial charge on any atom is 0.337 e. The van der Waals surface area contributed by atoms with Gasteiger partial charge in [-0.25, -0.2) is 4.79 Å². The highest BCUT2D eigenvalue weighted by Crippen LogP contribution is 2.29. The molecule has 152 valence electrons. The van der Waals surface area contributed by atoms with E-state index in [2.05, 4.69) is 10.5 Å². The van der Waals surface area contributed by atoms with E-state index in [1.54, 1.807) is 18.2 Å². The van der Waals surface area contributed by atoms with E-state index in [4.69, 9.17) is 21.1 Å². The Bertz CT molecular complexity index is 1190. The van der Waals surface area contributed by atoms with E-state index >= 15 is 0 Å². The van der Waals surface area contributed by atoms with Crippen molar-refractivity contribution in [2.75, 3.05) is 5.43 Å². The second-order valence-corrected chi connectivity index (χ2v) is 6.19. The Morgan fingerprint density at radius 1 is 1.10 bits per heavy atom. The first kappa shape index (κ1) is 20.5. The first-order valence-corrected chi connectivity index (χ1v) is 8.49. The third kappa shape index (κ3) is 4.42. The van der Waals surface area contributed by atoms with Gasteiger partial charge in [-0.05, 0) is 36.4 Å². The topological polar surface area (TPSA) is 161 Å². The summed E-state index contributed by atoms with van der Waals surface area (Å²) in [7, 11) is 0. The third-order valence-electron chi connectivity index (χ3n) is 3.87. The molecule has 11 nitrogen and oxygen atoms in total. The van der Waals surface area contributed by atoms with Gasteiger partial charge in [-0.1, -0.05) is 11.6 Å². The van der Waals surface area contributed by atoms with E-state index in [9.17, 15) is 25.0 Å². The van der Waals surface area contributed by atoms with Gasteiger partial charge in [0.15, 0.2) is 0 Å². The number of carbonyl (C=O) groups is 1. The molecule has 0 aliphatic carbocycles. The van der Waals surface area contributed by atoms with Crippen molar-refractivity contribution in [2.24, 2.45) is 5.10 Å². The number of anilines is 1. The number of hydrogen-bond donors (Lipinski definition) is 2. The number of hydrogen-bond acceptors (Lipinski definition) is 8. The fourth-order valence-electron chi connectivity index (χ4n) is 2.46. The standard InChI is InChI=1S/C18H11ClN4O7/c19-14-4-1-10(7-13(14)18(24)25)17-6-3-12(30-17)9-20-21-15-5-2-11(22(26)27)8-16(15)23(28)29/h1-9,21H,(H,24,25)/b20-9-. The number of rotatable bonds is 7. The molecule has 30 heavy (non-hydrogen) atoms. The molecule has 12 heteroatoms. The van der Waals surface area contributed by atoms with Gasteiger partial charge in [0, 0.05) is 11.6 Å². The lowest BCUT2D eigenvalue weighted by molar-refractivity contribution is -0.393. The summed E-state index contributed by atoms with van der Waals surface area (Å²) in [5.74, 6) is -0.546. The number of benzene rings is 2. The zero-order valence-corrected chi connectivity index (χ0v) is 15.6. The molecule has 2 aromatic carbocycles. The molecule has 0 saturated heterocycles. The number of halogens is 1. The predicted molar refractivity (Wildman–Crippen MR) is 107 cm³/mol. The SMILES string of the molecule is O=C(O)c1cc(-c2ccc(/C=N\Nc3ccc([N+](=O)[O-])cc3[N+](=O)[O-])o2)ccc1Cl. The van der Waals surface area contributed by atoms with Gasteiger partial charge in [-0.15, -0.1) is 0 Å². The summed E-state index contributed by atoms with van der Waals surface area (Å²) in [4.78, 5) is 31.6. The largest absolute Gasteiger partial charge is 0.478 e. The van der Waals surface area contributed by atoms with Gasteiger partial charge < -0.3 is 9.52 Å². The van der Waals surface area contributed by atoms with Crippen molar-refractivity contribution >= 4 is 40.8 Å². The molecule has 1 heterocycles. The van der Waals surface area contributed by atoms with Crippen LogP contribution in [0.25, 0.3) is 11.3 Å². The number of hydrazone groups is 1. The molecule has 0 saturated carbocycles. The van der Waals surface area contributed by atoms with Crippen molar-refractivity contribution in [3.63, 3.8) is 0 Å². The number of furan rings is 1. The van der Waals surface area contributed by atoms with Gasteiger partial charge in [0.25, 0.3) is 5.69 Å². The lowest BCUT2D eigenvalue weighted by Crippen LogP contribution is -1.98. The Balaban J connectivity index is 1.79. The minimum absolute atomic E-state index is 0.0440. The molecule has 0 atom stereocenters. The number of nitro benzene ring substituents is 2. The first-order chi connectivity index (χ1) is 14.3. The molecule has 1 aromatic heterocycles. The highest BCUT2D eigenvalue weighted by molar-refractivity contribution is 6.33. The van der Waals surface area contributed by atoms with E-state index in [-0.39, 0.29) is 22.0 Å². The minimum atomic E-state index is -1.18. The molecular weight excluding hydrogens is 420 g/mol. The number of nitro groups is 2. The summed E-state index contributed by atoms with van der Waals surface area (Å²) >= 11 is 5.85. The Morgan fingerprint density at radius 2 is 1.87 bits per heavy atom. The van der Waals surface area contributed by atoms with Crippen LogP contribution in [-0.2, 0) is 0 Å². The zero-order valence-electron chi connectivity index (χ0n) is 14.8.